The van der Waals surface area contributed by atoms with E-state index in [-0.39, 0.29) is 5.91 Å². The third-order valence-corrected chi connectivity index (χ3v) is 4.29. The molecule has 104 valence electrons. The van der Waals surface area contributed by atoms with Crippen LogP contribution < -0.4 is 10.6 Å². The fourth-order valence-corrected chi connectivity index (χ4v) is 3.00. The lowest BCUT2D eigenvalue weighted by Gasteiger charge is -2.19. The summed E-state index contributed by atoms with van der Waals surface area (Å²) in [4.78, 5) is 22.5. The molecular weight excluding hydrogens is 252 g/mol. The molecule has 3 atom stereocenters. The number of ether oxygens (including phenoxy) is 1. The van der Waals surface area contributed by atoms with Gasteiger partial charge in [0, 0.05) is 24.8 Å². The van der Waals surface area contributed by atoms with E-state index in [9.17, 15) is 9.59 Å². The number of hydrogen-bond acceptors (Lipinski definition) is 5. The van der Waals surface area contributed by atoms with E-state index in [0.29, 0.717) is 17.8 Å². The second kappa shape index (κ2) is 7.63. The van der Waals surface area contributed by atoms with Crippen molar-refractivity contribution in [2.24, 2.45) is 0 Å². The minimum atomic E-state index is -0.596. The van der Waals surface area contributed by atoms with Gasteiger partial charge in [0.05, 0.1) is 7.11 Å². The number of nitrogens with one attached hydrogen (secondary N) is 2. The van der Waals surface area contributed by atoms with Crippen LogP contribution in [0.1, 0.15) is 26.2 Å². The summed E-state index contributed by atoms with van der Waals surface area (Å²) in [5.41, 5.74) is 0. The van der Waals surface area contributed by atoms with Crippen molar-refractivity contribution in [2.75, 3.05) is 19.9 Å². The van der Waals surface area contributed by atoms with E-state index in [2.05, 4.69) is 21.6 Å². The van der Waals surface area contributed by atoms with E-state index in [1.54, 1.807) is 0 Å². The minimum absolute atomic E-state index is 0.222. The number of esters is 1. The molecule has 0 aromatic heterocycles. The molecule has 0 radical (unpaired) electrons. The molecule has 1 fully saturated rings. The highest BCUT2D eigenvalue weighted by Crippen LogP contribution is 2.27. The molecule has 0 heterocycles. The summed E-state index contributed by atoms with van der Waals surface area (Å²) in [6.45, 7) is 1.83. The highest BCUT2D eigenvalue weighted by atomic mass is 32.2. The maximum atomic E-state index is 11.5. The Balaban J connectivity index is 2.37. The second-order valence-corrected chi connectivity index (χ2v) is 5.69. The number of thioether (sulfide) groups is 1. The summed E-state index contributed by atoms with van der Waals surface area (Å²) in [5, 5.41) is 6.64. The average molecular weight is 274 g/mol. The summed E-state index contributed by atoms with van der Waals surface area (Å²) < 4.78 is 4.67. The smallest absolute Gasteiger partial charge is 0.329 e. The van der Waals surface area contributed by atoms with Crippen LogP contribution in [-0.2, 0) is 14.3 Å². The molecule has 0 bridgehead atoms. The van der Waals surface area contributed by atoms with Crippen molar-refractivity contribution in [3.05, 3.63) is 0 Å². The Morgan fingerprint density at radius 3 is 2.67 bits per heavy atom. The van der Waals surface area contributed by atoms with E-state index in [1.807, 2.05) is 11.8 Å². The molecule has 0 aromatic carbocycles. The van der Waals surface area contributed by atoms with Crippen LogP contribution >= 0.6 is 11.8 Å². The summed E-state index contributed by atoms with van der Waals surface area (Å²) in [5.74, 6) is -0.627. The first kappa shape index (κ1) is 15.3. The number of methoxy groups -OCH3 is 1. The topological polar surface area (TPSA) is 67.4 Å². The lowest BCUT2D eigenvalue weighted by atomic mass is 10.2. The van der Waals surface area contributed by atoms with Gasteiger partial charge in [-0.15, -0.1) is 0 Å². The van der Waals surface area contributed by atoms with Crippen molar-refractivity contribution in [2.45, 2.75) is 43.5 Å². The predicted octanol–water partition coefficient (Wildman–Crippen LogP) is 0.538. The van der Waals surface area contributed by atoms with Gasteiger partial charge in [-0.25, -0.2) is 4.79 Å². The quantitative estimate of drug-likeness (QED) is 0.692. The summed E-state index contributed by atoms with van der Waals surface area (Å²) in [7, 11) is 1.33. The largest absolute Gasteiger partial charge is 0.467 e. The van der Waals surface area contributed by atoms with Gasteiger partial charge < -0.3 is 15.4 Å². The molecular formula is C12H22N2O3S. The third-order valence-electron chi connectivity index (χ3n) is 3.19. The molecule has 18 heavy (non-hydrogen) atoms. The van der Waals surface area contributed by atoms with Crippen LogP contribution in [0.25, 0.3) is 0 Å². The fourth-order valence-electron chi connectivity index (χ4n) is 2.21. The molecule has 5 nitrogen and oxygen atoms in total. The van der Waals surface area contributed by atoms with Crippen molar-refractivity contribution < 1.29 is 14.3 Å². The van der Waals surface area contributed by atoms with Gasteiger partial charge >= 0.3 is 5.97 Å². The zero-order chi connectivity index (χ0) is 13.5. The Morgan fingerprint density at radius 1 is 1.44 bits per heavy atom. The van der Waals surface area contributed by atoms with Gasteiger partial charge in [0.1, 0.15) is 6.04 Å². The molecule has 2 N–H and O–H groups in total. The lowest BCUT2D eigenvalue weighted by Crippen LogP contribution is -2.48. The number of carbonyl (C=O) groups excluding carboxylic acids is 2. The van der Waals surface area contributed by atoms with Crippen LogP contribution in [0, 0.1) is 0 Å². The van der Waals surface area contributed by atoms with Gasteiger partial charge in [-0.1, -0.05) is 0 Å². The molecule has 3 unspecified atom stereocenters. The van der Waals surface area contributed by atoms with Gasteiger partial charge in [0.25, 0.3) is 0 Å². The molecule has 0 aliphatic heterocycles. The van der Waals surface area contributed by atoms with Gasteiger partial charge in [-0.2, -0.15) is 11.8 Å². The van der Waals surface area contributed by atoms with Crippen LogP contribution in [-0.4, -0.2) is 49.1 Å². The lowest BCUT2D eigenvalue weighted by molar-refractivity contribution is -0.144. The number of amides is 1. The van der Waals surface area contributed by atoms with Gasteiger partial charge in [-0.3, -0.25) is 4.79 Å². The molecule has 0 spiro atoms. The molecule has 1 aliphatic carbocycles. The maximum absolute atomic E-state index is 11.5. The van der Waals surface area contributed by atoms with E-state index >= 15 is 0 Å². The summed E-state index contributed by atoms with van der Waals surface area (Å²) >= 11 is 1.89. The van der Waals surface area contributed by atoms with Gasteiger partial charge in [0.2, 0.25) is 5.91 Å². The van der Waals surface area contributed by atoms with Crippen molar-refractivity contribution in [3.63, 3.8) is 0 Å². The van der Waals surface area contributed by atoms with Crippen LogP contribution in [0.15, 0.2) is 0 Å². The van der Waals surface area contributed by atoms with Crippen molar-refractivity contribution in [1.29, 1.82) is 0 Å². The highest BCUT2D eigenvalue weighted by molar-refractivity contribution is 7.99. The Hall–Kier alpha value is -0.750. The van der Waals surface area contributed by atoms with Crippen molar-refractivity contribution >= 4 is 23.6 Å². The van der Waals surface area contributed by atoms with E-state index in [0.717, 1.165) is 12.8 Å². The number of carbonyl (C=O) groups is 2. The van der Waals surface area contributed by atoms with Gasteiger partial charge in [-0.05, 0) is 25.5 Å². The minimum Gasteiger partial charge on any atom is -0.467 e. The fraction of sp³-hybridized carbons (Fsp3) is 0.833. The standard InChI is InChI=1S/C12H22N2O3S/c1-8(15)14-11(12(16)17-2)7-13-9-4-5-10(6-9)18-3/h9-11,13H,4-7H2,1-3H3,(H,14,15). The SMILES string of the molecule is COC(=O)C(CNC1CCC(SC)C1)NC(C)=O. The molecule has 1 rings (SSSR count). The maximum Gasteiger partial charge on any atom is 0.329 e. The van der Waals surface area contributed by atoms with Crippen molar-refractivity contribution in [1.82, 2.24) is 10.6 Å². The zero-order valence-corrected chi connectivity index (χ0v) is 12.0. The van der Waals surface area contributed by atoms with Gasteiger partial charge in [0.15, 0.2) is 0 Å². The average Bonchev–Trinajstić information content (AvgIpc) is 2.81. The summed E-state index contributed by atoms with van der Waals surface area (Å²) in [6, 6.07) is -0.163. The van der Waals surface area contributed by atoms with Crippen LogP contribution in [0.2, 0.25) is 0 Å². The van der Waals surface area contributed by atoms with E-state index < -0.39 is 12.0 Å². The van der Waals surface area contributed by atoms with Crippen molar-refractivity contribution in [3.8, 4) is 0 Å². The zero-order valence-electron chi connectivity index (χ0n) is 11.2. The van der Waals surface area contributed by atoms with Crippen LogP contribution in [0.4, 0.5) is 0 Å². The Morgan fingerprint density at radius 2 is 2.17 bits per heavy atom. The molecule has 0 saturated heterocycles. The first-order chi connectivity index (χ1) is 8.56. The Bertz CT molecular complexity index is 299. The highest BCUT2D eigenvalue weighted by Gasteiger charge is 2.26. The normalized spacial score (nSPS) is 24.6. The second-order valence-electron chi connectivity index (χ2n) is 4.55. The molecule has 0 aromatic rings. The molecule has 6 heteroatoms. The number of hydrogen-bond donors (Lipinski definition) is 2. The predicted molar refractivity (Wildman–Crippen MR) is 72.6 cm³/mol. The first-order valence-electron chi connectivity index (χ1n) is 6.18. The Labute approximate surface area is 112 Å². The third kappa shape index (κ3) is 4.86. The molecule has 1 amide bonds. The molecule has 1 saturated carbocycles. The molecule has 1 aliphatic rings. The summed E-state index contributed by atoms with van der Waals surface area (Å²) in [6.07, 6.45) is 5.58. The van der Waals surface area contributed by atoms with E-state index in [1.165, 1.54) is 20.5 Å². The number of rotatable bonds is 6. The Kier molecular flexibility index (Phi) is 6.49. The first-order valence-corrected chi connectivity index (χ1v) is 7.46. The van der Waals surface area contributed by atoms with Crippen LogP contribution in [0.3, 0.4) is 0 Å². The monoisotopic (exact) mass is 274 g/mol. The van der Waals surface area contributed by atoms with E-state index in [4.69, 9.17) is 0 Å². The van der Waals surface area contributed by atoms with Crippen LogP contribution in [0.5, 0.6) is 0 Å².